The van der Waals surface area contributed by atoms with Gasteiger partial charge in [-0.25, -0.2) is 13.6 Å². The van der Waals surface area contributed by atoms with E-state index in [0.29, 0.717) is 18.0 Å². The van der Waals surface area contributed by atoms with Crippen LogP contribution in [-0.4, -0.2) is 71.6 Å². The zero-order valence-electron chi connectivity index (χ0n) is 23.5. The molecule has 1 unspecified atom stereocenters. The fraction of sp³-hybridized carbons (Fsp3) is 0.484. The van der Waals surface area contributed by atoms with Crippen LogP contribution >= 0.6 is 24.0 Å². The van der Waals surface area contributed by atoms with Crippen molar-refractivity contribution < 1.29 is 18.7 Å². The predicted octanol–water partition coefficient (Wildman–Crippen LogP) is 7.02. The van der Waals surface area contributed by atoms with Crippen LogP contribution in [0.5, 0.6) is 0 Å². The van der Waals surface area contributed by atoms with Crippen molar-refractivity contribution in [1.82, 2.24) is 14.7 Å². The molecule has 11 heteroatoms. The molecule has 1 aliphatic carbocycles. The van der Waals surface area contributed by atoms with Gasteiger partial charge in [0.15, 0.2) is 0 Å². The van der Waals surface area contributed by atoms with Crippen LogP contribution in [0.1, 0.15) is 60.6 Å². The van der Waals surface area contributed by atoms with E-state index in [2.05, 4.69) is 44.1 Å². The molecular weight excluding hydrogens is 583 g/mol. The molecule has 3 heterocycles. The summed E-state index contributed by atoms with van der Waals surface area (Å²) in [5.41, 5.74) is 3.26. The number of hydrogen-bond donors (Lipinski definition) is 1. The molecule has 0 amide bonds. The lowest BCUT2D eigenvalue weighted by molar-refractivity contribution is 0.0681. The molecule has 1 saturated carbocycles. The Balaban J connectivity index is 0.00000353. The number of carbonyl (C=O) groups is 1. The summed E-state index contributed by atoms with van der Waals surface area (Å²) in [5.74, 6) is -0.493. The van der Waals surface area contributed by atoms with Crippen LogP contribution in [0.25, 0.3) is 11.1 Å². The first-order chi connectivity index (χ1) is 19.9. The van der Waals surface area contributed by atoms with E-state index in [-0.39, 0.29) is 18.4 Å². The maximum atomic E-state index is 13.9. The van der Waals surface area contributed by atoms with Crippen molar-refractivity contribution >= 4 is 41.4 Å². The molecule has 1 atom stereocenters. The number of hydrogen-bond acceptors (Lipinski definition) is 5. The van der Waals surface area contributed by atoms with Crippen LogP contribution in [0.2, 0.25) is 5.02 Å². The van der Waals surface area contributed by atoms with Gasteiger partial charge in [0.1, 0.15) is 11.3 Å². The minimum atomic E-state index is -2.93. The molecule has 6 rings (SSSR count). The maximum absolute atomic E-state index is 13.9. The van der Waals surface area contributed by atoms with Crippen LogP contribution in [0.3, 0.4) is 0 Å². The lowest BCUT2D eigenvalue weighted by Crippen LogP contribution is -2.48. The highest BCUT2D eigenvalue weighted by Gasteiger charge is 2.31. The van der Waals surface area contributed by atoms with Crippen LogP contribution in [-0.2, 0) is 0 Å². The van der Waals surface area contributed by atoms with E-state index in [0.717, 1.165) is 68.1 Å². The summed E-state index contributed by atoms with van der Waals surface area (Å²) in [6, 6.07) is 14.1. The molecule has 2 aromatic carbocycles. The second kappa shape index (κ2) is 13.2. The highest BCUT2D eigenvalue weighted by Crippen LogP contribution is 2.38. The van der Waals surface area contributed by atoms with E-state index in [1.165, 1.54) is 36.2 Å². The predicted molar refractivity (Wildman–Crippen MR) is 165 cm³/mol. The topological polar surface area (TPSA) is 64.8 Å². The van der Waals surface area contributed by atoms with E-state index in [9.17, 15) is 18.7 Å². The van der Waals surface area contributed by atoms with E-state index < -0.39 is 23.7 Å². The van der Waals surface area contributed by atoms with Gasteiger partial charge in [-0.15, -0.1) is 12.4 Å². The number of nitrogens with zero attached hydrogens (tertiary/aromatic N) is 5. The third-order valence-electron chi connectivity index (χ3n) is 8.97. The van der Waals surface area contributed by atoms with Gasteiger partial charge < -0.3 is 14.9 Å². The van der Waals surface area contributed by atoms with Gasteiger partial charge in [-0.1, -0.05) is 36.2 Å². The number of aromatic nitrogens is 2. The quantitative estimate of drug-likeness (QED) is 0.292. The third-order valence-corrected chi connectivity index (χ3v) is 9.21. The highest BCUT2D eigenvalue weighted by atomic mass is 35.5. The Morgan fingerprint density at radius 1 is 0.976 bits per heavy atom. The van der Waals surface area contributed by atoms with Crippen molar-refractivity contribution in [2.75, 3.05) is 55.6 Å². The molecule has 2 saturated heterocycles. The molecule has 1 N–H and O–H groups in total. The molecule has 2 aliphatic heterocycles. The summed E-state index contributed by atoms with van der Waals surface area (Å²) in [5, 5.41) is 14.1. The number of aromatic carboxylic acids is 1. The number of halogens is 4. The molecule has 0 bridgehead atoms. The second-order valence-corrected chi connectivity index (χ2v) is 12.0. The summed E-state index contributed by atoms with van der Waals surface area (Å²) in [4.78, 5) is 18.7. The Hall–Kier alpha value is -2.88. The van der Waals surface area contributed by atoms with E-state index in [1.807, 2.05) is 18.2 Å². The normalized spacial score (nSPS) is 20.0. The summed E-state index contributed by atoms with van der Waals surface area (Å²) in [6.07, 6.45) is 3.66. The van der Waals surface area contributed by atoms with Gasteiger partial charge >= 0.3 is 5.97 Å². The Kier molecular flexibility index (Phi) is 9.60. The van der Waals surface area contributed by atoms with Crippen molar-refractivity contribution in [3.05, 3.63) is 64.9 Å². The molecule has 3 aliphatic rings. The van der Waals surface area contributed by atoms with Gasteiger partial charge in [-0.2, -0.15) is 5.10 Å². The average molecular weight is 621 g/mol. The lowest BCUT2D eigenvalue weighted by Gasteiger charge is -2.39. The van der Waals surface area contributed by atoms with Gasteiger partial charge in [0.25, 0.3) is 6.43 Å². The molecule has 1 aromatic heterocycles. The van der Waals surface area contributed by atoms with Gasteiger partial charge in [0.05, 0.1) is 12.2 Å². The largest absolute Gasteiger partial charge is 0.478 e. The van der Waals surface area contributed by atoms with Crippen LogP contribution in [0.15, 0.2) is 48.7 Å². The van der Waals surface area contributed by atoms with Gasteiger partial charge in [-0.05, 0) is 61.4 Å². The first kappa shape index (κ1) is 30.6. The number of benzene rings is 2. The number of alkyl halides is 2. The summed E-state index contributed by atoms with van der Waals surface area (Å²) < 4.78 is 29.0. The zero-order chi connectivity index (χ0) is 28.5. The summed E-state index contributed by atoms with van der Waals surface area (Å²) in [6.45, 7) is 6.69. The first-order valence-electron chi connectivity index (χ1n) is 14.6. The highest BCUT2D eigenvalue weighted by molar-refractivity contribution is 6.31. The fourth-order valence-corrected chi connectivity index (χ4v) is 6.68. The van der Waals surface area contributed by atoms with Crippen molar-refractivity contribution in [1.29, 1.82) is 0 Å². The lowest BCUT2D eigenvalue weighted by atomic mass is 9.85. The zero-order valence-corrected chi connectivity index (χ0v) is 25.0. The Morgan fingerprint density at radius 3 is 2.36 bits per heavy atom. The smallest absolute Gasteiger partial charge is 0.339 e. The van der Waals surface area contributed by atoms with E-state index >= 15 is 0 Å². The second-order valence-electron chi connectivity index (χ2n) is 11.5. The minimum Gasteiger partial charge on any atom is -0.478 e. The molecule has 3 fully saturated rings. The van der Waals surface area contributed by atoms with Crippen LogP contribution in [0.4, 0.5) is 20.2 Å². The monoisotopic (exact) mass is 619 g/mol. The van der Waals surface area contributed by atoms with Crippen molar-refractivity contribution in [3.8, 4) is 11.1 Å². The molecule has 226 valence electrons. The van der Waals surface area contributed by atoms with Crippen LogP contribution in [0, 0.1) is 5.92 Å². The van der Waals surface area contributed by atoms with Gasteiger partial charge in [0.2, 0.25) is 0 Å². The number of carboxylic acids is 1. The Morgan fingerprint density at radius 2 is 1.71 bits per heavy atom. The average Bonchev–Trinajstić information content (AvgIpc) is 3.42. The first-order valence-corrected chi connectivity index (χ1v) is 15.0. The number of anilines is 2. The molecule has 42 heavy (non-hydrogen) atoms. The maximum Gasteiger partial charge on any atom is 0.339 e. The van der Waals surface area contributed by atoms with Crippen molar-refractivity contribution in [2.24, 2.45) is 5.92 Å². The van der Waals surface area contributed by atoms with E-state index in [1.54, 1.807) is 0 Å². The van der Waals surface area contributed by atoms with Crippen molar-refractivity contribution in [2.45, 2.75) is 44.6 Å². The van der Waals surface area contributed by atoms with Gasteiger partial charge in [0, 0.05) is 67.8 Å². The number of rotatable bonds is 8. The number of carboxylic acid groups (broad SMARTS) is 1. The van der Waals surface area contributed by atoms with Crippen molar-refractivity contribution in [3.63, 3.8) is 0 Å². The number of piperidine rings is 1. The van der Waals surface area contributed by atoms with Crippen LogP contribution < -0.4 is 9.80 Å². The molecule has 0 spiro atoms. The van der Waals surface area contributed by atoms with E-state index in [4.69, 9.17) is 11.6 Å². The van der Waals surface area contributed by atoms with Gasteiger partial charge in [-0.3, -0.25) is 9.58 Å². The SMILES string of the molecule is Cl.O=C(O)c1cnn(C2CCCN(c3cc(Cl)ccc3-c3ccc(N4CCN(CC5CCC5)CC4)cc3)C2)c1C(F)F. The Labute approximate surface area is 256 Å². The third kappa shape index (κ3) is 6.38. The summed E-state index contributed by atoms with van der Waals surface area (Å²) >= 11 is 6.45. The number of piperazine rings is 1. The molecule has 0 radical (unpaired) electrons. The molecule has 7 nitrogen and oxygen atoms in total. The minimum absolute atomic E-state index is 0. The standard InChI is InChI=1S/C31H36ClF2N5O2.ClH/c32-23-8-11-26(22-6-9-24(10-7-22)37-15-13-36(14-16-37)19-21-3-1-4-21)28(17-23)38-12-2-5-25(20-38)39-29(30(33)34)27(18-35-39)31(40)41;/h6-11,17-18,21,25,30H,1-5,12-16,19-20H2,(H,40,41);1H. The fourth-order valence-electron chi connectivity index (χ4n) is 6.51. The Bertz CT molecular complexity index is 1370. The molecular formula is C31H37Cl2F2N5O2. The summed E-state index contributed by atoms with van der Waals surface area (Å²) in [7, 11) is 0. The molecule has 3 aromatic rings.